The summed E-state index contributed by atoms with van der Waals surface area (Å²) in [5.41, 5.74) is 11.0. The third kappa shape index (κ3) is 7.75. The second kappa shape index (κ2) is 17.4. The number of amides is 1. The molecule has 65 heavy (non-hydrogen) atoms. The molecule has 5 aromatic heterocycles. The van der Waals surface area contributed by atoms with Crippen molar-refractivity contribution in [2.24, 2.45) is 7.05 Å². The molecule has 1 amide bonds. The Morgan fingerprint density at radius 3 is 2.40 bits per heavy atom. The fourth-order valence-corrected chi connectivity index (χ4v) is 10.1. The summed E-state index contributed by atoms with van der Waals surface area (Å²) >= 11 is 13.7. The normalized spacial score (nSPS) is 15.7. The number of aryl methyl sites for hydroxylation is 5. The van der Waals surface area contributed by atoms with Crippen LogP contribution in [-0.4, -0.2) is 100 Å². The molecule has 1 unspecified atom stereocenters. The van der Waals surface area contributed by atoms with Gasteiger partial charge in [-0.05, 0) is 107 Å². The molecule has 16 heteroatoms. The topological polar surface area (TPSA) is 126 Å². The average Bonchev–Trinajstić information content (AvgIpc) is 4.08. The van der Waals surface area contributed by atoms with E-state index in [2.05, 4.69) is 67.2 Å². The number of aromatic nitrogens is 9. The van der Waals surface area contributed by atoms with Crippen molar-refractivity contribution < 1.29 is 14.3 Å². The first kappa shape index (κ1) is 42.9. The Kier molecular flexibility index (Phi) is 11.5. The Hall–Kier alpha value is -6.06. The van der Waals surface area contributed by atoms with Crippen LogP contribution < -0.4 is 9.64 Å². The number of anilines is 1. The van der Waals surface area contributed by atoms with Gasteiger partial charge in [0.2, 0.25) is 0 Å². The van der Waals surface area contributed by atoms with Crippen LogP contribution >= 0.6 is 23.2 Å². The first-order valence-electron chi connectivity index (χ1n) is 22.2. The van der Waals surface area contributed by atoms with Crippen molar-refractivity contribution in [3.8, 4) is 34.2 Å². The van der Waals surface area contributed by atoms with Gasteiger partial charge in [0.25, 0.3) is 11.9 Å². The Labute approximate surface area is 387 Å². The zero-order valence-electron chi connectivity index (χ0n) is 37.5. The van der Waals surface area contributed by atoms with Gasteiger partial charge >= 0.3 is 0 Å². The number of fused-ring (bicyclic) bond motifs is 4. The first-order valence-corrected chi connectivity index (χ1v) is 22.9. The molecule has 1 saturated heterocycles. The lowest BCUT2D eigenvalue weighted by Gasteiger charge is -2.34. The van der Waals surface area contributed by atoms with Crippen molar-refractivity contribution in [3.05, 3.63) is 117 Å². The van der Waals surface area contributed by atoms with E-state index in [0.717, 1.165) is 122 Å². The summed E-state index contributed by atoms with van der Waals surface area (Å²) in [6, 6.07) is 15.9. The van der Waals surface area contributed by atoms with Gasteiger partial charge in [-0.3, -0.25) is 14.4 Å². The van der Waals surface area contributed by atoms with Crippen LogP contribution in [0.4, 0.5) is 5.69 Å². The molecule has 2 aliphatic heterocycles. The second-order valence-electron chi connectivity index (χ2n) is 17.2. The number of rotatable bonds is 12. The van der Waals surface area contributed by atoms with Crippen molar-refractivity contribution >= 4 is 56.6 Å². The fraction of sp³-hybridized carbons (Fsp3) is 0.347. The van der Waals surface area contributed by atoms with Crippen molar-refractivity contribution in [1.82, 2.24) is 48.5 Å². The zero-order valence-corrected chi connectivity index (χ0v) is 39.0. The van der Waals surface area contributed by atoms with Gasteiger partial charge in [0.1, 0.15) is 17.8 Å². The van der Waals surface area contributed by atoms with Crippen LogP contribution in [0.3, 0.4) is 0 Å². The summed E-state index contributed by atoms with van der Waals surface area (Å²) in [5.74, 6) is 1.67. The lowest BCUT2D eigenvalue weighted by Crippen LogP contribution is -2.42. The van der Waals surface area contributed by atoms with E-state index in [9.17, 15) is 0 Å². The second-order valence-corrected chi connectivity index (χ2v) is 18.0. The highest BCUT2D eigenvalue weighted by Crippen LogP contribution is 2.46. The summed E-state index contributed by atoms with van der Waals surface area (Å²) in [6.45, 7) is 16.0. The number of ether oxygens (including phenoxy) is 2. The predicted molar refractivity (Wildman–Crippen MR) is 255 cm³/mol. The van der Waals surface area contributed by atoms with Crippen molar-refractivity contribution in [3.63, 3.8) is 0 Å². The summed E-state index contributed by atoms with van der Waals surface area (Å²) in [6.07, 6.45) is 8.41. The van der Waals surface area contributed by atoms with E-state index in [-0.39, 0.29) is 11.9 Å². The van der Waals surface area contributed by atoms with E-state index in [4.69, 9.17) is 42.9 Å². The van der Waals surface area contributed by atoms with Crippen LogP contribution in [0.1, 0.15) is 58.0 Å². The molecule has 0 bridgehead atoms. The smallest absolute Gasteiger partial charge is 0.275 e. The number of hydrogen-bond donors (Lipinski definition) is 0. The van der Waals surface area contributed by atoms with Gasteiger partial charge in [-0.25, -0.2) is 15.0 Å². The Balaban J connectivity index is 1.08. The highest BCUT2D eigenvalue weighted by Gasteiger charge is 2.38. The Morgan fingerprint density at radius 1 is 0.892 bits per heavy atom. The number of hydrogen-bond acceptors (Lipinski definition) is 9. The monoisotopic (exact) mass is 911 g/mol. The minimum Gasteiger partial charge on any atom is -0.494 e. The highest BCUT2D eigenvalue weighted by molar-refractivity contribution is 6.35. The van der Waals surface area contributed by atoms with E-state index >= 15 is 4.79 Å². The lowest BCUT2D eigenvalue weighted by atomic mass is 9.98. The van der Waals surface area contributed by atoms with E-state index in [1.54, 1.807) is 29.5 Å². The molecule has 1 fully saturated rings. The van der Waals surface area contributed by atoms with E-state index in [0.29, 0.717) is 48.5 Å². The molecule has 0 aliphatic carbocycles. The van der Waals surface area contributed by atoms with Crippen LogP contribution in [-0.2, 0) is 24.8 Å². The molecule has 7 heterocycles. The zero-order chi connectivity index (χ0) is 45.1. The standard InChI is InChI=1S/C49H51Cl2N11O3/c1-29-23-35(24-30(2)44(29)51)65-20-7-9-36-37-11-12-39(50)43(42-32(4)55-57(6)33(42)5)45(37)62-31(3)26-60(48(63)46(36)62)41-27-59(17-16-58-18-21-64-22-19-58)40-13-10-34(25-38(40)41)47-54-28-61(56-47)49-52-14-8-15-53-49/h8,10-15,23-25,27-28,31H,7,9,16-22,26H2,1-6H3. The van der Waals surface area contributed by atoms with Gasteiger partial charge < -0.3 is 23.5 Å². The molecular weight excluding hydrogens is 862 g/mol. The molecule has 0 spiro atoms. The number of carbonyl (C=O) groups is 1. The highest BCUT2D eigenvalue weighted by atomic mass is 35.5. The predicted octanol–water partition coefficient (Wildman–Crippen LogP) is 9.14. The van der Waals surface area contributed by atoms with Crippen molar-refractivity contribution in [1.29, 1.82) is 0 Å². The molecule has 334 valence electrons. The molecule has 0 N–H and O–H groups in total. The number of halogens is 2. The Morgan fingerprint density at radius 2 is 1.66 bits per heavy atom. The van der Waals surface area contributed by atoms with Gasteiger partial charge in [0.05, 0.1) is 47.3 Å². The first-order chi connectivity index (χ1) is 31.5. The van der Waals surface area contributed by atoms with Crippen molar-refractivity contribution in [2.45, 2.75) is 60.0 Å². The third-order valence-electron chi connectivity index (χ3n) is 13.0. The molecule has 3 aromatic carbocycles. The Bertz CT molecular complexity index is 3090. The minimum atomic E-state index is -0.122. The van der Waals surface area contributed by atoms with Crippen LogP contribution in [0.2, 0.25) is 10.0 Å². The van der Waals surface area contributed by atoms with Gasteiger partial charge in [-0.1, -0.05) is 29.3 Å². The van der Waals surface area contributed by atoms with Crippen LogP contribution in [0.25, 0.3) is 50.3 Å². The van der Waals surface area contributed by atoms with Gasteiger partial charge in [0, 0.05) is 103 Å². The van der Waals surface area contributed by atoms with Gasteiger partial charge in [-0.15, -0.1) is 5.10 Å². The number of morpholine rings is 1. The van der Waals surface area contributed by atoms with E-state index in [1.807, 2.05) is 61.7 Å². The fourth-order valence-electron chi connectivity index (χ4n) is 9.73. The molecule has 10 rings (SSSR count). The van der Waals surface area contributed by atoms with Crippen LogP contribution in [0.15, 0.2) is 73.4 Å². The molecule has 1 atom stereocenters. The maximum absolute atomic E-state index is 15.7. The molecule has 8 aromatic rings. The number of carbonyl (C=O) groups excluding carboxylic acids is 1. The van der Waals surface area contributed by atoms with Gasteiger partial charge in [0.15, 0.2) is 5.82 Å². The number of nitrogens with zero attached hydrogens (tertiary/aromatic N) is 11. The summed E-state index contributed by atoms with van der Waals surface area (Å²) in [4.78, 5) is 33.5. The SMILES string of the molecule is Cc1cc(OCCCc2c3n(c4c(-c5c(C)nn(C)c5C)c(Cl)ccc24)C(C)CN(c2cn(CCN4CCOCC4)c4ccc(-c5ncn(-c6ncccn6)n5)cc24)C3=O)cc(C)c1Cl. The number of benzene rings is 3. The van der Waals surface area contributed by atoms with Crippen LogP contribution in [0, 0.1) is 27.7 Å². The maximum atomic E-state index is 15.7. The summed E-state index contributed by atoms with van der Waals surface area (Å²) in [7, 11) is 1.95. The molecule has 0 saturated carbocycles. The molecule has 0 radical (unpaired) electrons. The largest absolute Gasteiger partial charge is 0.494 e. The van der Waals surface area contributed by atoms with Crippen molar-refractivity contribution in [2.75, 3.05) is 50.9 Å². The lowest BCUT2D eigenvalue weighted by molar-refractivity contribution is 0.0365. The average molecular weight is 913 g/mol. The maximum Gasteiger partial charge on any atom is 0.275 e. The van der Waals surface area contributed by atoms with E-state index in [1.165, 1.54) is 0 Å². The van der Waals surface area contributed by atoms with Gasteiger partial charge in [-0.2, -0.15) is 9.78 Å². The summed E-state index contributed by atoms with van der Waals surface area (Å²) < 4.78 is 20.0. The van der Waals surface area contributed by atoms with Crippen LogP contribution in [0.5, 0.6) is 5.75 Å². The third-order valence-corrected chi connectivity index (χ3v) is 13.9. The molecular formula is C49H51Cl2N11O3. The molecule has 14 nitrogen and oxygen atoms in total. The molecule has 2 aliphatic rings. The summed E-state index contributed by atoms with van der Waals surface area (Å²) in [5, 5.41) is 12.9. The minimum absolute atomic E-state index is 0.0675. The quantitative estimate of drug-likeness (QED) is 0.110. The van der Waals surface area contributed by atoms with E-state index < -0.39 is 0 Å².